The van der Waals surface area contributed by atoms with E-state index in [1.54, 1.807) is 24.4 Å². The van der Waals surface area contributed by atoms with E-state index in [0.29, 0.717) is 5.75 Å². The molecule has 1 aromatic heterocycles. The molecule has 0 aliphatic heterocycles. The minimum absolute atomic E-state index is 0.415. The topological polar surface area (TPSA) is 39.2 Å². The third-order valence-electron chi connectivity index (χ3n) is 2.06. The van der Waals surface area contributed by atoms with Crippen molar-refractivity contribution >= 4 is 12.0 Å². The molecule has 17 heavy (non-hydrogen) atoms. The molecule has 1 heterocycles. The molecule has 0 N–H and O–H groups in total. The van der Waals surface area contributed by atoms with E-state index < -0.39 is 5.97 Å². The van der Waals surface area contributed by atoms with Gasteiger partial charge in [-0.2, -0.15) is 0 Å². The first-order valence-electron chi connectivity index (χ1n) is 5.19. The molecule has 0 radical (unpaired) electrons. The van der Waals surface area contributed by atoms with Crippen LogP contribution in [0.2, 0.25) is 0 Å². The van der Waals surface area contributed by atoms with E-state index in [2.05, 4.69) is 4.98 Å². The summed E-state index contributed by atoms with van der Waals surface area (Å²) in [6, 6.07) is 13.0. The molecule has 0 saturated heterocycles. The number of carbonyl (C=O) groups is 1. The first-order valence-corrected chi connectivity index (χ1v) is 5.19. The molecule has 0 saturated carbocycles. The monoisotopic (exact) mass is 225 g/mol. The summed E-state index contributed by atoms with van der Waals surface area (Å²) in [5, 5.41) is 0. The van der Waals surface area contributed by atoms with Crippen LogP contribution >= 0.6 is 0 Å². The highest BCUT2D eigenvalue weighted by molar-refractivity contribution is 5.88. The summed E-state index contributed by atoms with van der Waals surface area (Å²) in [5.74, 6) is 0.0251. The Hall–Kier alpha value is -2.42. The molecule has 84 valence electrons. The summed E-state index contributed by atoms with van der Waals surface area (Å²) in [7, 11) is 0. The normalized spacial score (nSPS) is 10.4. The van der Waals surface area contributed by atoms with E-state index in [9.17, 15) is 4.79 Å². The number of hydrogen-bond donors (Lipinski definition) is 0. The largest absolute Gasteiger partial charge is 0.422 e. The minimum atomic E-state index is -0.415. The number of rotatable bonds is 3. The maximum Gasteiger partial charge on any atom is 0.336 e. The van der Waals surface area contributed by atoms with E-state index in [0.717, 1.165) is 5.56 Å². The molecule has 0 aliphatic carbocycles. The van der Waals surface area contributed by atoms with E-state index >= 15 is 0 Å². The van der Waals surface area contributed by atoms with Crippen LogP contribution < -0.4 is 4.74 Å². The molecule has 0 aliphatic rings. The summed E-state index contributed by atoms with van der Waals surface area (Å²) >= 11 is 0. The number of nitrogens with zero attached hydrogens (tertiary/aromatic N) is 1. The van der Waals surface area contributed by atoms with Gasteiger partial charge in [0.1, 0.15) is 5.75 Å². The number of carbonyl (C=O) groups excluding carboxylic acids is 1. The van der Waals surface area contributed by atoms with Gasteiger partial charge in [0.15, 0.2) is 0 Å². The second kappa shape index (κ2) is 5.61. The van der Waals surface area contributed by atoms with Gasteiger partial charge in [-0.25, -0.2) is 4.79 Å². The van der Waals surface area contributed by atoms with Gasteiger partial charge >= 0.3 is 5.97 Å². The smallest absolute Gasteiger partial charge is 0.336 e. The van der Waals surface area contributed by atoms with Crippen LogP contribution in [0, 0.1) is 0 Å². The zero-order chi connectivity index (χ0) is 11.9. The van der Waals surface area contributed by atoms with Crippen LogP contribution in [-0.2, 0) is 4.79 Å². The van der Waals surface area contributed by atoms with Crippen molar-refractivity contribution in [2.45, 2.75) is 0 Å². The van der Waals surface area contributed by atoms with Gasteiger partial charge in [-0.1, -0.05) is 30.3 Å². The molecule has 1 aromatic carbocycles. The summed E-state index contributed by atoms with van der Waals surface area (Å²) in [6.45, 7) is 0. The molecule has 0 unspecified atom stereocenters. The Morgan fingerprint density at radius 1 is 1.12 bits per heavy atom. The predicted molar refractivity (Wildman–Crippen MR) is 65.3 cm³/mol. The van der Waals surface area contributed by atoms with Crippen LogP contribution in [0.1, 0.15) is 5.56 Å². The van der Waals surface area contributed by atoms with Gasteiger partial charge < -0.3 is 4.74 Å². The molecule has 0 atom stereocenters. The van der Waals surface area contributed by atoms with Gasteiger partial charge in [-0.15, -0.1) is 0 Å². The first-order chi connectivity index (χ1) is 8.34. The Balaban J connectivity index is 1.96. The Morgan fingerprint density at radius 3 is 2.65 bits per heavy atom. The van der Waals surface area contributed by atoms with Crippen LogP contribution in [0.4, 0.5) is 0 Å². The van der Waals surface area contributed by atoms with Gasteiger partial charge in [-0.05, 0) is 23.8 Å². The van der Waals surface area contributed by atoms with Crippen molar-refractivity contribution in [3.8, 4) is 5.75 Å². The van der Waals surface area contributed by atoms with E-state index in [4.69, 9.17) is 4.74 Å². The molecule has 3 heteroatoms. The molecule has 0 fully saturated rings. The summed E-state index contributed by atoms with van der Waals surface area (Å²) < 4.78 is 5.05. The summed E-state index contributed by atoms with van der Waals surface area (Å²) in [6.07, 6.45) is 6.21. The van der Waals surface area contributed by atoms with Gasteiger partial charge in [0.2, 0.25) is 0 Å². The lowest BCUT2D eigenvalue weighted by molar-refractivity contribution is -0.128. The average molecular weight is 225 g/mol. The molecule has 0 amide bonds. The van der Waals surface area contributed by atoms with Crippen LogP contribution in [-0.4, -0.2) is 11.0 Å². The SMILES string of the molecule is O=C(/C=C/c1ccccc1)Oc1cccnc1. The van der Waals surface area contributed by atoms with Gasteiger partial charge in [0, 0.05) is 12.3 Å². The van der Waals surface area contributed by atoms with Gasteiger partial charge in [0.05, 0.1) is 6.20 Å². The lowest BCUT2D eigenvalue weighted by Crippen LogP contribution is -2.03. The fourth-order valence-corrected chi connectivity index (χ4v) is 1.29. The Morgan fingerprint density at radius 2 is 1.94 bits per heavy atom. The van der Waals surface area contributed by atoms with E-state index in [1.807, 2.05) is 30.3 Å². The second-order valence-corrected chi connectivity index (χ2v) is 3.35. The predicted octanol–water partition coefficient (Wildman–Crippen LogP) is 2.70. The average Bonchev–Trinajstić information content (AvgIpc) is 2.39. The number of aromatic nitrogens is 1. The Bertz CT molecular complexity index is 506. The fourth-order valence-electron chi connectivity index (χ4n) is 1.29. The molecule has 0 bridgehead atoms. The van der Waals surface area contributed by atoms with Crippen molar-refractivity contribution < 1.29 is 9.53 Å². The van der Waals surface area contributed by atoms with Crippen molar-refractivity contribution in [3.63, 3.8) is 0 Å². The number of benzene rings is 1. The van der Waals surface area contributed by atoms with Crippen molar-refractivity contribution in [3.05, 3.63) is 66.5 Å². The fraction of sp³-hybridized carbons (Fsp3) is 0. The third-order valence-corrected chi connectivity index (χ3v) is 2.06. The molecule has 2 rings (SSSR count). The number of hydrogen-bond acceptors (Lipinski definition) is 3. The van der Waals surface area contributed by atoms with Gasteiger partial charge in [-0.3, -0.25) is 4.98 Å². The minimum Gasteiger partial charge on any atom is -0.422 e. The van der Waals surface area contributed by atoms with Crippen molar-refractivity contribution in [2.24, 2.45) is 0 Å². The maximum atomic E-state index is 11.4. The number of pyridine rings is 1. The van der Waals surface area contributed by atoms with Crippen LogP contribution in [0.15, 0.2) is 60.9 Å². The molecule has 2 aromatic rings. The second-order valence-electron chi connectivity index (χ2n) is 3.35. The Kier molecular flexibility index (Phi) is 3.65. The van der Waals surface area contributed by atoms with Crippen molar-refractivity contribution in [2.75, 3.05) is 0 Å². The number of esters is 1. The molecular weight excluding hydrogens is 214 g/mol. The highest BCUT2D eigenvalue weighted by Gasteiger charge is 1.98. The van der Waals surface area contributed by atoms with Crippen molar-refractivity contribution in [1.82, 2.24) is 4.98 Å². The zero-order valence-electron chi connectivity index (χ0n) is 9.11. The van der Waals surface area contributed by atoms with Gasteiger partial charge in [0.25, 0.3) is 0 Å². The highest BCUT2D eigenvalue weighted by atomic mass is 16.5. The summed E-state index contributed by atoms with van der Waals surface area (Å²) in [4.78, 5) is 15.3. The lowest BCUT2D eigenvalue weighted by atomic mass is 10.2. The lowest BCUT2D eigenvalue weighted by Gasteiger charge is -1.98. The highest BCUT2D eigenvalue weighted by Crippen LogP contribution is 2.07. The maximum absolute atomic E-state index is 11.4. The van der Waals surface area contributed by atoms with Crippen LogP contribution in [0.3, 0.4) is 0 Å². The van der Waals surface area contributed by atoms with Crippen LogP contribution in [0.25, 0.3) is 6.08 Å². The number of ether oxygens (including phenoxy) is 1. The first kappa shape index (κ1) is 11.1. The zero-order valence-corrected chi connectivity index (χ0v) is 9.11. The quantitative estimate of drug-likeness (QED) is 0.595. The Labute approximate surface area is 99.4 Å². The van der Waals surface area contributed by atoms with E-state index in [1.165, 1.54) is 12.3 Å². The molecule has 0 spiro atoms. The molecule has 3 nitrogen and oxygen atoms in total. The van der Waals surface area contributed by atoms with E-state index in [-0.39, 0.29) is 0 Å². The molecular formula is C14H11NO2. The van der Waals surface area contributed by atoms with Crippen LogP contribution in [0.5, 0.6) is 5.75 Å². The third kappa shape index (κ3) is 3.57. The van der Waals surface area contributed by atoms with Crippen molar-refractivity contribution in [1.29, 1.82) is 0 Å². The summed E-state index contributed by atoms with van der Waals surface area (Å²) in [5.41, 5.74) is 0.954. The standard InChI is InChI=1S/C14H11NO2/c16-14(17-13-7-4-10-15-11-13)9-8-12-5-2-1-3-6-12/h1-11H/b9-8+.